The average molecular weight is 505 g/mol. The van der Waals surface area contributed by atoms with Crippen LogP contribution < -0.4 is 16.0 Å². The summed E-state index contributed by atoms with van der Waals surface area (Å²) in [4.78, 5) is 19.0. The Morgan fingerprint density at radius 2 is 2.03 bits per heavy atom. The molecule has 5 nitrogen and oxygen atoms in total. The van der Waals surface area contributed by atoms with Crippen LogP contribution in [0, 0.1) is 5.92 Å². The van der Waals surface area contributed by atoms with Crippen LogP contribution in [0.5, 0.6) is 0 Å². The minimum Gasteiger partial charge on any atom is -0.399 e. The molecule has 0 aliphatic carbocycles. The standard InChI is InChI=1S/C26H28ClF3N4O/c1-4-34(25(35)19-12-20(26(28,29)30)15-21(31)13-19)22-9-6-8-18(14-22)17(3)32-24-11-16(2)7-5-10-23(27)33-24/h5-6,8-17,32H,4,7,31H2,1-3H3/b10-5+,24-11-,33-23+/t16?,17-/m0/s1. The Kier molecular flexibility index (Phi) is 8.27. The maximum Gasteiger partial charge on any atom is 0.416 e. The molecule has 0 fully saturated rings. The quantitative estimate of drug-likeness (QED) is 0.431. The van der Waals surface area contributed by atoms with Gasteiger partial charge in [-0.2, -0.15) is 13.2 Å². The topological polar surface area (TPSA) is 70.7 Å². The molecule has 35 heavy (non-hydrogen) atoms. The van der Waals surface area contributed by atoms with Gasteiger partial charge in [-0.15, -0.1) is 0 Å². The average Bonchev–Trinajstić information content (AvgIpc) is 2.77. The Hall–Kier alpha value is -3.26. The molecule has 1 amide bonds. The number of nitrogen functional groups attached to an aromatic ring is 1. The number of benzene rings is 2. The van der Waals surface area contributed by atoms with Gasteiger partial charge in [0.1, 0.15) is 11.0 Å². The summed E-state index contributed by atoms with van der Waals surface area (Å²) < 4.78 is 39.7. The van der Waals surface area contributed by atoms with Crippen LogP contribution in [0.2, 0.25) is 0 Å². The van der Waals surface area contributed by atoms with E-state index in [1.165, 1.54) is 11.0 Å². The van der Waals surface area contributed by atoms with Gasteiger partial charge in [-0.1, -0.05) is 36.7 Å². The van der Waals surface area contributed by atoms with Crippen LogP contribution in [-0.2, 0) is 6.18 Å². The second-order valence-electron chi connectivity index (χ2n) is 8.45. The van der Waals surface area contributed by atoms with Gasteiger partial charge in [0.2, 0.25) is 0 Å². The molecule has 2 atom stereocenters. The summed E-state index contributed by atoms with van der Waals surface area (Å²) in [6.45, 7) is 6.05. The molecule has 2 aromatic rings. The second kappa shape index (κ2) is 11.0. The lowest BCUT2D eigenvalue weighted by molar-refractivity contribution is -0.137. The van der Waals surface area contributed by atoms with Crippen molar-refractivity contribution in [2.45, 2.75) is 39.4 Å². The molecule has 0 saturated carbocycles. The molecule has 2 aromatic carbocycles. The normalized spacial score (nSPS) is 20.9. The first-order chi connectivity index (χ1) is 16.5. The summed E-state index contributed by atoms with van der Waals surface area (Å²) in [7, 11) is 0. The van der Waals surface area contributed by atoms with Gasteiger partial charge in [0.25, 0.3) is 5.91 Å². The number of amides is 1. The van der Waals surface area contributed by atoms with Crippen molar-refractivity contribution in [2.24, 2.45) is 10.9 Å². The van der Waals surface area contributed by atoms with Crippen molar-refractivity contribution in [2.75, 3.05) is 17.2 Å². The molecule has 3 rings (SSSR count). The summed E-state index contributed by atoms with van der Waals surface area (Å²) in [5, 5.41) is 3.73. The van der Waals surface area contributed by atoms with Crippen LogP contribution in [0.15, 0.2) is 71.5 Å². The molecule has 0 aromatic heterocycles. The largest absolute Gasteiger partial charge is 0.416 e. The summed E-state index contributed by atoms with van der Waals surface area (Å²) in [6.07, 6.45) is 1.99. The van der Waals surface area contributed by atoms with Crippen molar-refractivity contribution in [3.63, 3.8) is 0 Å². The van der Waals surface area contributed by atoms with Crippen molar-refractivity contribution in [1.29, 1.82) is 0 Å². The fourth-order valence-electron chi connectivity index (χ4n) is 3.79. The third-order valence-corrected chi connectivity index (χ3v) is 5.78. The number of alkyl halides is 3. The molecule has 1 aliphatic rings. The van der Waals surface area contributed by atoms with E-state index in [2.05, 4.69) is 17.2 Å². The highest BCUT2D eigenvalue weighted by atomic mass is 35.5. The van der Waals surface area contributed by atoms with E-state index in [1.54, 1.807) is 25.1 Å². The van der Waals surface area contributed by atoms with Crippen LogP contribution in [0.3, 0.4) is 0 Å². The highest BCUT2D eigenvalue weighted by molar-refractivity contribution is 6.68. The van der Waals surface area contributed by atoms with E-state index in [-0.39, 0.29) is 29.8 Å². The monoisotopic (exact) mass is 504 g/mol. The molecule has 0 radical (unpaired) electrons. The lowest BCUT2D eigenvalue weighted by atomic mass is 10.0. The van der Waals surface area contributed by atoms with E-state index in [9.17, 15) is 18.0 Å². The first kappa shape index (κ1) is 26.3. The SMILES string of the molecule is CCN(C(=O)c1cc(N)cc(C(F)(F)F)c1)c1cccc([C@H](C)NC2=C/C(C)C/C=C/C(Cl)=N\2)c1. The lowest BCUT2D eigenvalue weighted by Gasteiger charge is -2.24. The molecule has 0 spiro atoms. The number of nitrogens with two attached hydrogens (primary N) is 1. The van der Waals surface area contributed by atoms with Crippen LogP contribution in [0.4, 0.5) is 24.5 Å². The smallest absolute Gasteiger partial charge is 0.399 e. The predicted molar refractivity (Wildman–Crippen MR) is 135 cm³/mol. The maximum atomic E-state index is 13.2. The Labute approximate surface area is 208 Å². The number of carbonyl (C=O) groups excluding carboxylic acids is 1. The summed E-state index contributed by atoms with van der Waals surface area (Å²) in [5.41, 5.74) is 5.88. The molecule has 1 unspecified atom stereocenters. The van der Waals surface area contributed by atoms with E-state index in [0.717, 1.165) is 24.1 Å². The highest BCUT2D eigenvalue weighted by Gasteiger charge is 2.32. The number of halogens is 4. The first-order valence-corrected chi connectivity index (χ1v) is 11.6. The van der Waals surface area contributed by atoms with Crippen molar-refractivity contribution in [3.8, 4) is 0 Å². The summed E-state index contributed by atoms with van der Waals surface area (Å²) in [6, 6.07) is 9.99. The highest BCUT2D eigenvalue weighted by Crippen LogP contribution is 2.32. The Balaban J connectivity index is 1.87. The minimum atomic E-state index is -4.60. The van der Waals surface area contributed by atoms with Gasteiger partial charge in [-0.05, 0) is 74.2 Å². The fourth-order valence-corrected chi connectivity index (χ4v) is 3.97. The Bertz CT molecular complexity index is 1170. The number of aliphatic imine (C=N–C) groups is 1. The molecule has 0 bridgehead atoms. The molecule has 1 heterocycles. The third-order valence-electron chi connectivity index (χ3n) is 5.57. The van der Waals surface area contributed by atoms with Gasteiger partial charge >= 0.3 is 6.18 Å². The Morgan fingerprint density at radius 3 is 2.71 bits per heavy atom. The number of rotatable bonds is 6. The van der Waals surface area contributed by atoms with Gasteiger partial charge in [-0.25, -0.2) is 4.99 Å². The molecular formula is C26H28ClF3N4O. The van der Waals surface area contributed by atoms with Crippen LogP contribution in [-0.4, -0.2) is 17.6 Å². The number of hydrogen-bond donors (Lipinski definition) is 2. The molecule has 186 valence electrons. The van der Waals surface area contributed by atoms with Crippen molar-refractivity contribution in [1.82, 2.24) is 5.32 Å². The van der Waals surface area contributed by atoms with Gasteiger partial charge < -0.3 is 16.0 Å². The van der Waals surface area contributed by atoms with Crippen molar-refractivity contribution < 1.29 is 18.0 Å². The maximum absolute atomic E-state index is 13.2. The third kappa shape index (κ3) is 6.88. The number of nitrogens with one attached hydrogen (secondary N) is 1. The van der Waals surface area contributed by atoms with E-state index < -0.39 is 17.6 Å². The predicted octanol–water partition coefficient (Wildman–Crippen LogP) is 6.68. The van der Waals surface area contributed by atoms with E-state index in [4.69, 9.17) is 17.3 Å². The number of hydrogen-bond acceptors (Lipinski definition) is 4. The van der Waals surface area contributed by atoms with Crippen molar-refractivity contribution >= 4 is 34.1 Å². The van der Waals surface area contributed by atoms with Crippen molar-refractivity contribution in [3.05, 3.63) is 83.2 Å². The van der Waals surface area contributed by atoms with Gasteiger partial charge in [0, 0.05) is 23.5 Å². The Morgan fingerprint density at radius 1 is 1.29 bits per heavy atom. The lowest BCUT2D eigenvalue weighted by Crippen LogP contribution is -2.31. The molecular weight excluding hydrogens is 477 g/mol. The van der Waals surface area contributed by atoms with Gasteiger partial charge in [0.15, 0.2) is 0 Å². The van der Waals surface area contributed by atoms with E-state index in [0.29, 0.717) is 16.7 Å². The van der Waals surface area contributed by atoms with Crippen LogP contribution >= 0.6 is 11.6 Å². The van der Waals surface area contributed by atoms with Gasteiger partial charge in [0.05, 0.1) is 11.6 Å². The molecule has 9 heteroatoms. The number of anilines is 2. The first-order valence-electron chi connectivity index (χ1n) is 11.3. The minimum absolute atomic E-state index is 0.124. The number of carbonyl (C=O) groups is 1. The summed E-state index contributed by atoms with van der Waals surface area (Å²) in [5.74, 6) is 0.351. The molecule has 1 aliphatic heterocycles. The van der Waals surface area contributed by atoms with Gasteiger partial charge in [-0.3, -0.25) is 4.79 Å². The molecule has 0 saturated heterocycles. The van der Waals surface area contributed by atoms with Crippen LogP contribution in [0.1, 0.15) is 54.7 Å². The number of allylic oxidation sites excluding steroid dienone is 3. The second-order valence-corrected chi connectivity index (χ2v) is 8.84. The summed E-state index contributed by atoms with van der Waals surface area (Å²) >= 11 is 6.15. The zero-order valence-electron chi connectivity index (χ0n) is 19.7. The number of nitrogens with zero attached hydrogens (tertiary/aromatic N) is 2. The molecule has 3 N–H and O–H groups in total. The van der Waals surface area contributed by atoms with E-state index in [1.807, 2.05) is 31.2 Å². The van der Waals surface area contributed by atoms with Crippen LogP contribution in [0.25, 0.3) is 0 Å². The van der Waals surface area contributed by atoms with E-state index >= 15 is 0 Å². The zero-order chi connectivity index (χ0) is 25.8. The fraction of sp³-hybridized carbons (Fsp3) is 0.308. The zero-order valence-corrected chi connectivity index (χ0v) is 20.5.